The van der Waals surface area contributed by atoms with E-state index in [2.05, 4.69) is 169 Å². The van der Waals surface area contributed by atoms with Gasteiger partial charge in [-0.1, -0.05) is 349 Å². The van der Waals surface area contributed by atoms with Gasteiger partial charge in [-0.3, -0.25) is 10.1 Å². The van der Waals surface area contributed by atoms with E-state index in [1.165, 1.54) is 90.7 Å². The zero-order valence-corrected chi connectivity index (χ0v) is 54.7. The first-order valence-corrected chi connectivity index (χ1v) is 29.6. The Morgan fingerprint density at radius 2 is 0.687 bits per heavy atom. The van der Waals surface area contributed by atoms with E-state index in [-0.39, 0.29) is 85.8 Å². The van der Waals surface area contributed by atoms with Crippen molar-refractivity contribution in [2.24, 2.45) is 0 Å². The lowest BCUT2D eigenvalue weighted by molar-refractivity contribution is -0.384. The normalized spacial score (nSPS) is 8.43. The van der Waals surface area contributed by atoms with Crippen LogP contribution in [-0.4, -0.2) is 19.1 Å². The largest absolute Gasteiger partial charge is 0.497 e. The number of nitro groups is 1. The van der Waals surface area contributed by atoms with Crippen LogP contribution in [0.3, 0.4) is 0 Å². The van der Waals surface area contributed by atoms with Gasteiger partial charge in [0.2, 0.25) is 0 Å². The molecule has 0 N–H and O–H groups in total. The summed E-state index contributed by atoms with van der Waals surface area (Å²) in [5, 5.41) is 13.6. The van der Waals surface area contributed by atoms with Gasteiger partial charge < -0.3 is 13.9 Å². The smallest absolute Gasteiger partial charge is 0.269 e. The second-order valence-corrected chi connectivity index (χ2v) is 21.2. The Bertz CT molecular complexity index is 3570. The molecule has 0 atom stereocenters. The van der Waals surface area contributed by atoms with E-state index < -0.39 is 4.92 Å². The van der Waals surface area contributed by atoms with Gasteiger partial charge in [0.05, 0.1) is 25.4 Å². The molecule has 0 saturated heterocycles. The molecule has 0 spiro atoms. The van der Waals surface area contributed by atoms with Crippen molar-refractivity contribution in [2.45, 2.75) is 150 Å². The molecule has 0 aliphatic rings. The van der Waals surface area contributed by atoms with Crippen LogP contribution in [0, 0.1) is 92.1 Å². The number of non-ortho nitro benzene ring substituents is 1. The number of aryl methyl sites for hydroxylation is 11. The molecule has 11 aromatic carbocycles. The minimum atomic E-state index is -0.403. The third kappa shape index (κ3) is 47.7. The van der Waals surface area contributed by atoms with Gasteiger partial charge in [-0.15, -0.1) is 0 Å². The van der Waals surface area contributed by atoms with Crippen molar-refractivity contribution in [1.82, 2.24) is 0 Å². The van der Waals surface area contributed by atoms with E-state index in [9.17, 15) is 14.5 Å². The SMILES string of the molecule is C.C.C.C.C.C.C.C.C.C.COc1ccc(C)cc1.COc1ccccc1C.Cc1ccc(-c2ccccc2)cc1.Cc1ccc(C)cc1.Cc1ccc(Cl)cc1.Cc1ccc(F)cc1.Cc1ccc([N+](=O)[O-])cc1.Cc1cccc2ccccc12.Cc1ccccc1.Cc1ccco1. The number of rotatable bonds is 4. The van der Waals surface area contributed by atoms with Crippen LogP contribution in [0.25, 0.3) is 21.9 Å². The topological polar surface area (TPSA) is 74.7 Å². The first-order chi connectivity index (χ1) is 42.8. The number of hydrogen-bond acceptors (Lipinski definition) is 5. The molecule has 0 unspecified atom stereocenters. The van der Waals surface area contributed by atoms with Crippen LogP contribution in [0.4, 0.5) is 10.1 Å². The molecule has 0 fully saturated rings. The molecule has 0 radical (unpaired) electrons. The zero-order chi connectivity index (χ0) is 65.2. The maximum Gasteiger partial charge on any atom is 0.269 e. The number of halogens is 2. The molecule has 99 heavy (non-hydrogen) atoms. The van der Waals surface area contributed by atoms with Crippen LogP contribution in [0.1, 0.15) is 136 Å². The lowest BCUT2D eigenvalue weighted by atomic mass is 10.0. The fourth-order valence-corrected chi connectivity index (χ4v) is 7.61. The van der Waals surface area contributed by atoms with E-state index in [4.69, 9.17) is 25.5 Å². The van der Waals surface area contributed by atoms with Gasteiger partial charge in [-0.25, -0.2) is 4.39 Å². The van der Waals surface area contributed by atoms with Crippen molar-refractivity contribution < 1.29 is 23.2 Å². The van der Waals surface area contributed by atoms with Crippen molar-refractivity contribution in [1.29, 1.82) is 0 Å². The molecule has 6 nitrogen and oxygen atoms in total. The number of benzene rings is 11. The predicted molar refractivity (Wildman–Crippen MR) is 444 cm³/mol. The van der Waals surface area contributed by atoms with Crippen LogP contribution >= 0.6 is 11.6 Å². The summed E-state index contributed by atoms with van der Waals surface area (Å²) in [4.78, 5) is 9.71. The molecule has 0 aliphatic heterocycles. The molecule has 0 saturated carbocycles. The highest BCUT2D eigenvalue weighted by Crippen LogP contribution is 2.20. The van der Waals surface area contributed by atoms with Gasteiger partial charge in [0.1, 0.15) is 23.1 Å². The van der Waals surface area contributed by atoms with Crippen LogP contribution in [0.15, 0.2) is 296 Å². The molecule has 1 aromatic heterocycles. The average molecular weight is 1370 g/mol. The molecule has 540 valence electrons. The predicted octanol–water partition coefficient (Wildman–Crippen LogP) is 29.8. The zero-order valence-electron chi connectivity index (χ0n) is 54.0. The summed E-state index contributed by atoms with van der Waals surface area (Å²) < 4.78 is 26.9. The van der Waals surface area contributed by atoms with Crippen molar-refractivity contribution in [3.63, 3.8) is 0 Å². The molecule has 0 aliphatic carbocycles. The van der Waals surface area contributed by atoms with Crippen LogP contribution < -0.4 is 9.47 Å². The van der Waals surface area contributed by atoms with Gasteiger partial charge in [0.25, 0.3) is 5.69 Å². The van der Waals surface area contributed by atoms with E-state index in [1.807, 2.05) is 144 Å². The summed E-state index contributed by atoms with van der Waals surface area (Å²) in [6.45, 7) is 22.4. The number of fused-ring (bicyclic) bond motifs is 1. The standard InChI is InChI=1S/C13H12.C11H10.2C8H10O.C8H10.C7H7Cl.C7H7F.C7H7NO2.C7H8.C5H6O.10CH4/c1-11-7-9-13(10-8-11)12-5-3-2-4-6-12;1-9-5-4-7-10-6-2-3-8-11(9)10;1-7-3-5-8(9-2)6-4-7;1-7-5-3-4-6-8(7)9-2;1-7-3-5-8(2)6-4-7;2*1-6-2-4-7(8)5-3-6;1-6-2-4-7(5-3-6)8(9)10;1-7-5-3-2-4-6-7;1-5-3-2-4-6-5;;;;;;;;;;/h2-10H,1H3;2-8H,1H3;2*3-6H,1-2H3;3-6H,1-2H3;2*2-5H,1H3;2-5H,1H3;2-6H,1H3;2-4H,1H3;10*1H4. The molecule has 0 amide bonds. The van der Waals surface area contributed by atoms with Gasteiger partial charge in [0.15, 0.2) is 0 Å². The van der Waals surface area contributed by atoms with E-state index in [0.717, 1.165) is 33.4 Å². The van der Waals surface area contributed by atoms with E-state index in [0.29, 0.717) is 0 Å². The van der Waals surface area contributed by atoms with Crippen LogP contribution in [0.2, 0.25) is 5.02 Å². The summed E-state index contributed by atoms with van der Waals surface area (Å²) in [5.41, 5.74) is 15.2. The Morgan fingerprint density at radius 3 is 1.03 bits per heavy atom. The van der Waals surface area contributed by atoms with Crippen molar-refractivity contribution in [2.75, 3.05) is 14.2 Å². The number of furan rings is 1. The third-order valence-electron chi connectivity index (χ3n) is 12.8. The number of nitro benzene ring substituents is 1. The van der Waals surface area contributed by atoms with Crippen molar-refractivity contribution >= 4 is 28.1 Å². The summed E-state index contributed by atoms with van der Waals surface area (Å²) in [7, 11) is 3.35. The Morgan fingerprint density at radius 1 is 0.343 bits per heavy atom. The highest BCUT2D eigenvalue weighted by Gasteiger charge is 2.01. The minimum Gasteiger partial charge on any atom is -0.497 e. The van der Waals surface area contributed by atoms with Crippen molar-refractivity contribution in [3.8, 4) is 22.6 Å². The van der Waals surface area contributed by atoms with E-state index in [1.54, 1.807) is 44.7 Å². The highest BCUT2D eigenvalue weighted by atomic mass is 35.5. The summed E-state index contributed by atoms with van der Waals surface area (Å²) in [5.74, 6) is 2.67. The summed E-state index contributed by atoms with van der Waals surface area (Å²) in [6.07, 6.45) is 1.66. The number of ether oxygens (including phenoxy) is 2. The maximum atomic E-state index is 12.1. The lowest BCUT2D eigenvalue weighted by Crippen LogP contribution is -1.86. The summed E-state index contributed by atoms with van der Waals surface area (Å²) >= 11 is 5.61. The van der Waals surface area contributed by atoms with E-state index >= 15 is 0 Å². The first-order valence-electron chi connectivity index (χ1n) is 29.2. The number of nitrogens with zero attached hydrogens (tertiary/aromatic N) is 1. The number of para-hydroxylation sites is 1. The first kappa shape index (κ1) is 105. The quantitative estimate of drug-likeness (QED) is 0.130. The lowest BCUT2D eigenvalue weighted by Gasteiger charge is -2.00. The van der Waals surface area contributed by atoms with Crippen LogP contribution in [0.5, 0.6) is 11.5 Å². The number of hydrogen-bond donors (Lipinski definition) is 0. The molecule has 12 aromatic rings. The number of methoxy groups -OCH3 is 2. The highest BCUT2D eigenvalue weighted by molar-refractivity contribution is 6.30. The Labute approximate surface area is 608 Å². The van der Waals surface area contributed by atoms with Crippen molar-refractivity contribution in [3.05, 3.63) is 374 Å². The Kier molecular flexibility index (Phi) is 65.6. The Hall–Kier alpha value is -9.82. The van der Waals surface area contributed by atoms with Gasteiger partial charge in [-0.05, 0) is 164 Å². The molecular formula is C91H127ClFNO5. The summed E-state index contributed by atoms with van der Waals surface area (Å²) in [6, 6.07) is 92.9. The maximum absolute atomic E-state index is 12.1. The van der Waals surface area contributed by atoms with Gasteiger partial charge in [0, 0.05) is 17.2 Å². The van der Waals surface area contributed by atoms with Gasteiger partial charge >= 0.3 is 0 Å². The average Bonchev–Trinajstić information content (AvgIpc) is 1.66. The molecule has 0 bridgehead atoms. The van der Waals surface area contributed by atoms with Crippen LogP contribution in [-0.2, 0) is 0 Å². The Balaban J connectivity index is -0.000000154. The minimum absolute atomic E-state index is 0. The molecule has 8 heteroatoms. The fraction of sp³-hybridized carbons (Fsp3) is 0.253. The van der Waals surface area contributed by atoms with Gasteiger partial charge in [-0.2, -0.15) is 0 Å². The fourth-order valence-electron chi connectivity index (χ4n) is 7.49. The monoisotopic (exact) mass is 1370 g/mol. The molecule has 1 heterocycles. The third-order valence-corrected chi connectivity index (χ3v) is 13.1. The second kappa shape index (κ2) is 61.7. The molecular weight excluding hydrogens is 1240 g/mol. The second-order valence-electron chi connectivity index (χ2n) is 20.7. The molecule has 12 rings (SSSR count).